The topological polar surface area (TPSA) is 50.4 Å². The summed E-state index contributed by atoms with van der Waals surface area (Å²) in [6.45, 7) is 1.91. The Hall–Kier alpha value is -3.27. The van der Waals surface area contributed by atoms with Crippen molar-refractivity contribution >= 4 is 23.0 Å². The fraction of sp³-hybridized carbons (Fsp3) is 0.0952. The summed E-state index contributed by atoms with van der Waals surface area (Å²) in [5, 5.41) is 6.20. The number of nitrogens with one attached hydrogen (secondary N) is 2. The Morgan fingerprint density at radius 3 is 2.24 bits per heavy atom. The second-order valence-corrected chi connectivity index (χ2v) is 5.64. The molecule has 126 valence electrons. The average Bonchev–Trinajstić information content (AvgIpc) is 2.64. The van der Waals surface area contributed by atoms with Crippen molar-refractivity contribution in [1.29, 1.82) is 0 Å². The fourth-order valence-electron chi connectivity index (χ4n) is 2.43. The Bertz CT molecular complexity index is 847. The number of rotatable bonds is 6. The van der Waals surface area contributed by atoms with Crippen molar-refractivity contribution in [2.75, 3.05) is 17.2 Å². The summed E-state index contributed by atoms with van der Waals surface area (Å²) in [6.07, 6.45) is 0. The third kappa shape index (κ3) is 4.61. The molecule has 0 heterocycles. The molecule has 4 heteroatoms. The number of hydrogen-bond acceptors (Lipinski definition) is 3. The molecule has 25 heavy (non-hydrogen) atoms. The molecule has 1 amide bonds. The van der Waals surface area contributed by atoms with E-state index in [9.17, 15) is 4.79 Å². The highest BCUT2D eigenvalue weighted by molar-refractivity contribution is 5.95. The van der Waals surface area contributed by atoms with Gasteiger partial charge in [0.1, 0.15) is 5.75 Å². The van der Waals surface area contributed by atoms with Gasteiger partial charge in [-0.25, -0.2) is 0 Å². The molecule has 0 fully saturated rings. The van der Waals surface area contributed by atoms with E-state index in [0.29, 0.717) is 11.4 Å². The number of amides is 1. The lowest BCUT2D eigenvalue weighted by Crippen LogP contribution is -2.20. The van der Waals surface area contributed by atoms with Gasteiger partial charge in [0.25, 0.3) is 5.91 Å². The van der Waals surface area contributed by atoms with Crippen LogP contribution in [-0.2, 0) is 4.79 Å². The number of ether oxygens (including phenoxy) is 1. The number of benzene rings is 3. The lowest BCUT2D eigenvalue weighted by Gasteiger charge is -2.14. The van der Waals surface area contributed by atoms with Crippen LogP contribution in [0.2, 0.25) is 0 Å². The van der Waals surface area contributed by atoms with Crippen LogP contribution in [0.4, 0.5) is 17.1 Å². The summed E-state index contributed by atoms with van der Waals surface area (Å²) in [5.41, 5.74) is 3.50. The first-order valence-electron chi connectivity index (χ1n) is 8.12. The van der Waals surface area contributed by atoms with Crippen LogP contribution in [0.3, 0.4) is 0 Å². The molecule has 0 aromatic heterocycles. The van der Waals surface area contributed by atoms with Gasteiger partial charge >= 0.3 is 0 Å². The summed E-state index contributed by atoms with van der Waals surface area (Å²) >= 11 is 0. The average molecular weight is 332 g/mol. The molecule has 3 aromatic carbocycles. The van der Waals surface area contributed by atoms with Crippen molar-refractivity contribution in [3.05, 3.63) is 84.4 Å². The molecule has 0 saturated heterocycles. The van der Waals surface area contributed by atoms with E-state index in [1.54, 1.807) is 0 Å². The molecule has 3 rings (SSSR count). The van der Waals surface area contributed by atoms with E-state index in [2.05, 4.69) is 10.6 Å². The Labute approximate surface area is 147 Å². The molecule has 0 aliphatic rings. The van der Waals surface area contributed by atoms with Crippen molar-refractivity contribution in [2.45, 2.75) is 6.92 Å². The second kappa shape index (κ2) is 8.02. The van der Waals surface area contributed by atoms with Gasteiger partial charge in [-0.1, -0.05) is 48.5 Å². The van der Waals surface area contributed by atoms with E-state index < -0.39 is 0 Å². The Morgan fingerprint density at radius 1 is 0.840 bits per heavy atom. The van der Waals surface area contributed by atoms with Gasteiger partial charge in [0, 0.05) is 5.69 Å². The van der Waals surface area contributed by atoms with Crippen molar-refractivity contribution < 1.29 is 9.53 Å². The smallest absolute Gasteiger partial charge is 0.262 e. The molecule has 0 spiro atoms. The van der Waals surface area contributed by atoms with E-state index in [0.717, 1.165) is 16.9 Å². The molecular weight excluding hydrogens is 312 g/mol. The molecule has 0 aliphatic heterocycles. The monoisotopic (exact) mass is 332 g/mol. The predicted molar refractivity (Wildman–Crippen MR) is 101 cm³/mol. The zero-order chi connectivity index (χ0) is 17.5. The van der Waals surface area contributed by atoms with Gasteiger partial charge in [0.05, 0.1) is 11.4 Å². The predicted octanol–water partition coefficient (Wildman–Crippen LogP) is 4.76. The minimum absolute atomic E-state index is 0.0372. The summed E-state index contributed by atoms with van der Waals surface area (Å²) in [7, 11) is 0. The van der Waals surface area contributed by atoms with Crippen LogP contribution >= 0.6 is 0 Å². The highest BCUT2D eigenvalue weighted by Gasteiger charge is 2.08. The molecule has 0 aliphatic carbocycles. The molecule has 3 aromatic rings. The fourth-order valence-corrected chi connectivity index (χ4v) is 2.43. The largest absolute Gasteiger partial charge is 0.483 e. The number of para-hydroxylation sites is 4. The maximum Gasteiger partial charge on any atom is 0.262 e. The molecule has 0 atom stereocenters. The van der Waals surface area contributed by atoms with Crippen molar-refractivity contribution in [3.63, 3.8) is 0 Å². The van der Waals surface area contributed by atoms with Gasteiger partial charge in [-0.3, -0.25) is 4.79 Å². The lowest BCUT2D eigenvalue weighted by atomic mass is 10.2. The van der Waals surface area contributed by atoms with E-state index >= 15 is 0 Å². The standard InChI is InChI=1S/C21H20N2O2/c1-16-9-5-8-14-20(16)25-15-21(24)23-19-13-7-6-12-18(19)22-17-10-3-2-4-11-17/h2-14,22H,15H2,1H3,(H,23,24). The van der Waals surface area contributed by atoms with Gasteiger partial charge in [-0.15, -0.1) is 0 Å². The quantitative estimate of drug-likeness (QED) is 0.684. The SMILES string of the molecule is Cc1ccccc1OCC(=O)Nc1ccccc1Nc1ccccc1. The number of anilines is 3. The van der Waals surface area contributed by atoms with Crippen LogP contribution in [0.5, 0.6) is 5.75 Å². The molecule has 0 unspecified atom stereocenters. The zero-order valence-electron chi connectivity index (χ0n) is 14.0. The van der Waals surface area contributed by atoms with Crippen molar-refractivity contribution in [3.8, 4) is 5.75 Å². The van der Waals surface area contributed by atoms with Gasteiger partial charge < -0.3 is 15.4 Å². The summed E-state index contributed by atoms with van der Waals surface area (Å²) in [5.74, 6) is 0.513. The molecule has 2 N–H and O–H groups in total. The first kappa shape index (κ1) is 16.6. The first-order chi connectivity index (χ1) is 12.2. The molecule has 4 nitrogen and oxygen atoms in total. The lowest BCUT2D eigenvalue weighted by molar-refractivity contribution is -0.118. The first-order valence-corrected chi connectivity index (χ1v) is 8.12. The maximum absolute atomic E-state index is 12.2. The maximum atomic E-state index is 12.2. The highest BCUT2D eigenvalue weighted by atomic mass is 16.5. The van der Waals surface area contributed by atoms with Crippen LogP contribution in [0.25, 0.3) is 0 Å². The van der Waals surface area contributed by atoms with E-state index in [-0.39, 0.29) is 12.5 Å². The summed E-state index contributed by atoms with van der Waals surface area (Å²) < 4.78 is 5.60. The molecule has 0 saturated carbocycles. The number of aryl methyl sites for hydroxylation is 1. The third-order valence-corrected chi connectivity index (χ3v) is 3.71. The highest BCUT2D eigenvalue weighted by Crippen LogP contribution is 2.25. The van der Waals surface area contributed by atoms with Crippen LogP contribution in [-0.4, -0.2) is 12.5 Å². The van der Waals surface area contributed by atoms with E-state index in [1.807, 2.05) is 85.8 Å². The normalized spacial score (nSPS) is 10.1. The molecule has 0 bridgehead atoms. The van der Waals surface area contributed by atoms with E-state index in [1.165, 1.54) is 0 Å². The summed E-state index contributed by atoms with van der Waals surface area (Å²) in [4.78, 5) is 12.2. The second-order valence-electron chi connectivity index (χ2n) is 5.64. The summed E-state index contributed by atoms with van der Waals surface area (Å²) in [6, 6.07) is 25.0. The molecular formula is C21H20N2O2. The minimum Gasteiger partial charge on any atom is -0.483 e. The number of carbonyl (C=O) groups excluding carboxylic acids is 1. The van der Waals surface area contributed by atoms with Gasteiger partial charge in [-0.05, 0) is 42.8 Å². The van der Waals surface area contributed by atoms with Crippen molar-refractivity contribution in [2.24, 2.45) is 0 Å². The van der Waals surface area contributed by atoms with Crippen molar-refractivity contribution in [1.82, 2.24) is 0 Å². The number of hydrogen-bond donors (Lipinski definition) is 2. The number of carbonyl (C=O) groups is 1. The van der Waals surface area contributed by atoms with E-state index in [4.69, 9.17) is 4.74 Å². The van der Waals surface area contributed by atoms with Gasteiger partial charge in [0.15, 0.2) is 6.61 Å². The Morgan fingerprint density at radius 2 is 1.48 bits per heavy atom. The van der Waals surface area contributed by atoms with Gasteiger partial charge in [0.2, 0.25) is 0 Å². The zero-order valence-corrected chi connectivity index (χ0v) is 14.0. The Kier molecular flexibility index (Phi) is 5.32. The third-order valence-electron chi connectivity index (χ3n) is 3.71. The van der Waals surface area contributed by atoms with Crippen LogP contribution in [0.15, 0.2) is 78.9 Å². The van der Waals surface area contributed by atoms with Crippen LogP contribution in [0, 0.1) is 6.92 Å². The Balaban J connectivity index is 1.64. The van der Waals surface area contributed by atoms with Crippen LogP contribution in [0.1, 0.15) is 5.56 Å². The van der Waals surface area contributed by atoms with Gasteiger partial charge in [-0.2, -0.15) is 0 Å². The molecule has 0 radical (unpaired) electrons. The van der Waals surface area contributed by atoms with Crippen LogP contribution < -0.4 is 15.4 Å². The minimum atomic E-state index is -0.203.